The van der Waals surface area contributed by atoms with Crippen molar-refractivity contribution in [3.63, 3.8) is 0 Å². The summed E-state index contributed by atoms with van der Waals surface area (Å²) in [5, 5.41) is 0. The van der Waals surface area contributed by atoms with Crippen LogP contribution in [0.25, 0.3) is 0 Å². The summed E-state index contributed by atoms with van der Waals surface area (Å²) in [6, 6.07) is 0. The van der Waals surface area contributed by atoms with Crippen LogP contribution in [0.3, 0.4) is 0 Å². The van der Waals surface area contributed by atoms with Gasteiger partial charge in [0.05, 0.1) is 6.17 Å². The van der Waals surface area contributed by atoms with Gasteiger partial charge in [-0.05, 0) is 20.8 Å². The molecule has 86 valence electrons. The zero-order chi connectivity index (χ0) is 11.6. The first-order valence-corrected chi connectivity index (χ1v) is 5.06. The van der Waals surface area contributed by atoms with Gasteiger partial charge in [0, 0.05) is 19.4 Å². The van der Waals surface area contributed by atoms with Crippen LogP contribution in [0.2, 0.25) is 0 Å². The fourth-order valence-corrected chi connectivity index (χ4v) is 1.40. The van der Waals surface area contributed by atoms with Crippen molar-refractivity contribution in [3.8, 4) is 0 Å². The molecular weight excluding hydrogens is 196 g/mol. The van der Waals surface area contributed by atoms with Gasteiger partial charge in [0.1, 0.15) is 11.4 Å². The summed E-state index contributed by atoms with van der Waals surface area (Å²) in [6.07, 6.45) is -0.393. The smallest absolute Gasteiger partial charge is 0.411 e. The molecule has 0 bridgehead atoms. The summed E-state index contributed by atoms with van der Waals surface area (Å²) >= 11 is 0. The minimum atomic E-state index is -0.541. The highest BCUT2D eigenvalue weighted by atomic mass is 16.6. The average molecular weight is 214 g/mol. The molecule has 0 aromatic heterocycles. The molecule has 1 fully saturated rings. The van der Waals surface area contributed by atoms with Crippen molar-refractivity contribution in [3.05, 3.63) is 0 Å². The molecule has 1 atom stereocenters. The molecule has 0 spiro atoms. The minimum Gasteiger partial charge on any atom is -0.444 e. The first-order chi connectivity index (χ1) is 6.79. The predicted molar refractivity (Wildman–Crippen MR) is 55.2 cm³/mol. The molecule has 1 unspecified atom stereocenters. The van der Waals surface area contributed by atoms with Gasteiger partial charge in [-0.3, -0.25) is 9.69 Å². The van der Waals surface area contributed by atoms with E-state index in [4.69, 9.17) is 10.5 Å². The maximum atomic E-state index is 11.6. The monoisotopic (exact) mass is 214 g/mol. The molecule has 0 saturated carbocycles. The molecule has 5 heteroatoms. The largest absolute Gasteiger partial charge is 0.444 e. The highest BCUT2D eigenvalue weighted by molar-refractivity contribution is 5.82. The van der Waals surface area contributed by atoms with Gasteiger partial charge in [-0.15, -0.1) is 0 Å². The van der Waals surface area contributed by atoms with Gasteiger partial charge in [0.25, 0.3) is 0 Å². The van der Waals surface area contributed by atoms with Gasteiger partial charge < -0.3 is 10.5 Å². The van der Waals surface area contributed by atoms with Gasteiger partial charge in [-0.1, -0.05) is 0 Å². The third-order valence-corrected chi connectivity index (χ3v) is 2.10. The molecule has 0 radical (unpaired) electrons. The molecule has 5 nitrogen and oxygen atoms in total. The number of carbonyl (C=O) groups is 2. The third-order valence-electron chi connectivity index (χ3n) is 2.10. The lowest BCUT2D eigenvalue weighted by molar-refractivity contribution is -0.122. The van der Waals surface area contributed by atoms with E-state index in [1.165, 1.54) is 4.90 Å². The topological polar surface area (TPSA) is 72.6 Å². The molecular formula is C10H18N2O3. The van der Waals surface area contributed by atoms with E-state index in [9.17, 15) is 9.59 Å². The van der Waals surface area contributed by atoms with Gasteiger partial charge in [0.2, 0.25) is 0 Å². The van der Waals surface area contributed by atoms with Gasteiger partial charge >= 0.3 is 6.09 Å². The van der Waals surface area contributed by atoms with Crippen LogP contribution in [0.5, 0.6) is 0 Å². The molecule has 15 heavy (non-hydrogen) atoms. The minimum absolute atomic E-state index is 0.0994. The number of carbonyl (C=O) groups excluding carboxylic acids is 2. The number of nitrogens with two attached hydrogens (primary N) is 1. The molecule has 0 aliphatic carbocycles. The lowest BCUT2D eigenvalue weighted by Gasteiger charge is -2.33. The highest BCUT2D eigenvalue weighted by Gasteiger charge is 2.30. The van der Waals surface area contributed by atoms with E-state index in [-0.39, 0.29) is 12.2 Å². The van der Waals surface area contributed by atoms with Crippen LogP contribution in [0.15, 0.2) is 0 Å². The van der Waals surface area contributed by atoms with Crippen molar-refractivity contribution in [1.29, 1.82) is 0 Å². The number of Topliss-reactive ketones (excluding diaryl/α,β-unsaturated/α-hetero) is 1. The number of rotatable bonds is 0. The van der Waals surface area contributed by atoms with E-state index in [1.807, 2.05) is 0 Å². The normalized spacial score (nSPS) is 22.8. The zero-order valence-corrected chi connectivity index (χ0v) is 9.45. The van der Waals surface area contributed by atoms with Crippen molar-refractivity contribution < 1.29 is 14.3 Å². The van der Waals surface area contributed by atoms with Crippen LogP contribution < -0.4 is 5.73 Å². The number of hydrogen-bond acceptors (Lipinski definition) is 4. The van der Waals surface area contributed by atoms with Crippen LogP contribution in [-0.4, -0.2) is 35.1 Å². The van der Waals surface area contributed by atoms with E-state index in [0.717, 1.165) is 0 Å². The number of piperidine rings is 1. The highest BCUT2D eigenvalue weighted by Crippen LogP contribution is 2.15. The van der Waals surface area contributed by atoms with E-state index in [2.05, 4.69) is 0 Å². The predicted octanol–water partition coefficient (Wildman–Crippen LogP) is 0.871. The Balaban J connectivity index is 2.56. The van der Waals surface area contributed by atoms with E-state index in [0.29, 0.717) is 13.0 Å². The Morgan fingerprint density at radius 2 is 2.13 bits per heavy atom. The van der Waals surface area contributed by atoms with E-state index >= 15 is 0 Å². The Kier molecular flexibility index (Phi) is 3.34. The first-order valence-electron chi connectivity index (χ1n) is 5.06. The zero-order valence-electron chi connectivity index (χ0n) is 9.45. The Hall–Kier alpha value is -1.10. The fourth-order valence-electron chi connectivity index (χ4n) is 1.40. The standard InChI is InChI=1S/C10H18N2O3/c1-10(2,3)15-9(14)12-5-4-7(13)6-8(12)11/h8H,4-6,11H2,1-3H3. The van der Waals surface area contributed by atoms with Crippen molar-refractivity contribution in [2.45, 2.75) is 45.4 Å². The van der Waals surface area contributed by atoms with Crippen LogP contribution in [0, 0.1) is 0 Å². The fraction of sp³-hybridized carbons (Fsp3) is 0.800. The first kappa shape index (κ1) is 12.0. The van der Waals surface area contributed by atoms with E-state index < -0.39 is 17.9 Å². The summed E-state index contributed by atoms with van der Waals surface area (Å²) in [5.74, 6) is 0.0994. The number of hydrogen-bond donors (Lipinski definition) is 1. The molecule has 1 aliphatic heterocycles. The quantitative estimate of drug-likeness (QED) is 0.649. The molecule has 1 heterocycles. The molecule has 0 aromatic carbocycles. The maximum absolute atomic E-state index is 11.6. The molecule has 1 saturated heterocycles. The Morgan fingerprint density at radius 1 is 1.53 bits per heavy atom. The van der Waals surface area contributed by atoms with Crippen molar-refractivity contribution in [2.75, 3.05) is 6.54 Å². The summed E-state index contributed by atoms with van der Waals surface area (Å²) in [7, 11) is 0. The second-order valence-corrected chi connectivity index (χ2v) is 4.73. The van der Waals surface area contributed by atoms with Crippen molar-refractivity contribution in [1.82, 2.24) is 4.90 Å². The van der Waals surface area contributed by atoms with Gasteiger partial charge in [0.15, 0.2) is 0 Å². The molecule has 0 aromatic rings. The van der Waals surface area contributed by atoms with E-state index in [1.54, 1.807) is 20.8 Å². The lowest BCUT2D eigenvalue weighted by Crippen LogP contribution is -2.52. The number of ketones is 1. The Morgan fingerprint density at radius 3 is 2.60 bits per heavy atom. The Bertz CT molecular complexity index is 270. The molecule has 1 rings (SSSR count). The second-order valence-electron chi connectivity index (χ2n) is 4.73. The van der Waals surface area contributed by atoms with Crippen LogP contribution >= 0.6 is 0 Å². The number of amides is 1. The molecule has 1 amide bonds. The number of ether oxygens (including phenoxy) is 1. The van der Waals surface area contributed by atoms with Crippen molar-refractivity contribution in [2.24, 2.45) is 5.73 Å². The summed E-state index contributed by atoms with van der Waals surface area (Å²) in [4.78, 5) is 24.1. The summed E-state index contributed by atoms with van der Waals surface area (Å²) < 4.78 is 5.18. The molecule has 2 N–H and O–H groups in total. The number of nitrogens with zero attached hydrogens (tertiary/aromatic N) is 1. The van der Waals surface area contributed by atoms with Crippen LogP contribution in [0.4, 0.5) is 4.79 Å². The molecule has 1 aliphatic rings. The van der Waals surface area contributed by atoms with Crippen LogP contribution in [-0.2, 0) is 9.53 Å². The SMILES string of the molecule is CC(C)(C)OC(=O)N1CCC(=O)CC1N. The van der Waals surface area contributed by atoms with Crippen LogP contribution in [0.1, 0.15) is 33.6 Å². The maximum Gasteiger partial charge on any atom is 0.411 e. The van der Waals surface area contributed by atoms with Gasteiger partial charge in [-0.25, -0.2) is 4.79 Å². The summed E-state index contributed by atoms with van der Waals surface area (Å²) in [5.41, 5.74) is 5.16. The summed E-state index contributed by atoms with van der Waals surface area (Å²) in [6.45, 7) is 5.75. The van der Waals surface area contributed by atoms with Crippen molar-refractivity contribution >= 4 is 11.9 Å². The average Bonchev–Trinajstić information content (AvgIpc) is 1.99. The number of likely N-dealkylation sites (tertiary alicyclic amines) is 1. The third kappa shape index (κ3) is 3.51. The Labute approximate surface area is 89.6 Å². The van der Waals surface area contributed by atoms with Gasteiger partial charge in [-0.2, -0.15) is 0 Å². The second kappa shape index (κ2) is 4.18. The lowest BCUT2D eigenvalue weighted by atomic mass is 10.1.